The van der Waals surface area contributed by atoms with E-state index >= 15 is 0 Å². The molecule has 0 atom stereocenters. The van der Waals surface area contributed by atoms with E-state index in [-0.39, 0.29) is 11.5 Å². The lowest BCUT2D eigenvalue weighted by Crippen LogP contribution is -2.29. The molecule has 1 aromatic rings. The van der Waals surface area contributed by atoms with Crippen LogP contribution < -0.4 is 10.2 Å². The van der Waals surface area contributed by atoms with Crippen molar-refractivity contribution in [2.75, 3.05) is 18.1 Å². The van der Waals surface area contributed by atoms with E-state index in [9.17, 15) is 8.42 Å². The molecule has 0 fully saturated rings. The number of rotatable bonds is 7. The average Bonchev–Trinajstić information content (AvgIpc) is 2.36. The third kappa shape index (κ3) is 5.22. The van der Waals surface area contributed by atoms with Crippen LogP contribution >= 0.6 is 0 Å². The van der Waals surface area contributed by atoms with E-state index in [1.165, 1.54) is 0 Å². The van der Waals surface area contributed by atoms with Crippen LogP contribution in [0.3, 0.4) is 0 Å². The first-order valence-electron chi connectivity index (χ1n) is 6.15. The Hall–Kier alpha value is -1.05. The first kappa shape index (κ1) is 16.0. The third-order valence-electron chi connectivity index (χ3n) is 2.79. The van der Waals surface area contributed by atoms with Crippen LogP contribution in [0.5, 0.6) is 5.75 Å². The molecule has 5 nitrogen and oxygen atoms in total. The maximum atomic E-state index is 11.3. The van der Waals surface area contributed by atoms with Gasteiger partial charge >= 0.3 is 7.12 Å². The fourth-order valence-electron chi connectivity index (χ4n) is 1.60. The highest BCUT2D eigenvalue weighted by atomic mass is 32.2. The van der Waals surface area contributed by atoms with E-state index < -0.39 is 17.0 Å². The summed E-state index contributed by atoms with van der Waals surface area (Å²) in [4.78, 5) is 0. The van der Waals surface area contributed by atoms with Gasteiger partial charge in [-0.05, 0) is 30.4 Å². The summed E-state index contributed by atoms with van der Waals surface area (Å²) in [6, 6.07) is 4.84. The number of benzene rings is 1. The Bertz CT molecular complexity index is 513. The molecule has 0 amide bonds. The summed E-state index contributed by atoms with van der Waals surface area (Å²) in [7, 11) is -4.45. The van der Waals surface area contributed by atoms with E-state index in [0.29, 0.717) is 24.2 Å². The van der Waals surface area contributed by atoms with Crippen molar-refractivity contribution in [2.24, 2.45) is 0 Å². The predicted molar refractivity (Wildman–Crippen MR) is 75.4 cm³/mol. The van der Waals surface area contributed by atoms with Crippen LogP contribution in [0.2, 0.25) is 0 Å². The molecule has 0 aliphatic carbocycles. The Morgan fingerprint density at radius 2 is 2.00 bits per heavy atom. The predicted octanol–water partition coefficient (Wildman–Crippen LogP) is -0.122. The summed E-state index contributed by atoms with van der Waals surface area (Å²) in [5.41, 5.74) is 1.18. The minimum Gasteiger partial charge on any atom is -0.493 e. The molecule has 106 valence electrons. The van der Waals surface area contributed by atoms with Gasteiger partial charge in [-0.3, -0.25) is 0 Å². The van der Waals surface area contributed by atoms with E-state index in [2.05, 4.69) is 0 Å². The van der Waals surface area contributed by atoms with Crippen LogP contribution in [-0.2, 0) is 9.84 Å². The molecule has 0 saturated carbocycles. The molecule has 0 radical (unpaired) electrons. The minimum absolute atomic E-state index is 0.121. The molecule has 19 heavy (non-hydrogen) atoms. The molecule has 1 rings (SSSR count). The Morgan fingerprint density at radius 3 is 2.53 bits per heavy atom. The zero-order valence-corrected chi connectivity index (χ0v) is 12.0. The van der Waals surface area contributed by atoms with Crippen LogP contribution in [0, 0.1) is 6.92 Å². The van der Waals surface area contributed by atoms with Crippen molar-refractivity contribution in [3.8, 4) is 5.75 Å². The molecule has 0 heterocycles. The monoisotopic (exact) mass is 286 g/mol. The summed E-state index contributed by atoms with van der Waals surface area (Å²) >= 11 is 0. The van der Waals surface area contributed by atoms with Crippen LogP contribution in [0.25, 0.3) is 0 Å². The minimum atomic E-state index is -2.95. The molecule has 2 N–H and O–H groups in total. The zero-order valence-electron chi connectivity index (χ0n) is 11.2. The molecule has 1 aromatic carbocycles. The van der Waals surface area contributed by atoms with Crippen molar-refractivity contribution in [2.45, 2.75) is 20.3 Å². The van der Waals surface area contributed by atoms with Gasteiger partial charge in [-0.2, -0.15) is 0 Å². The smallest absolute Gasteiger partial charge is 0.488 e. The standard InChI is InChI=1S/C12H19BO5S/c1-3-19(16,17)8-4-7-18-12-6-5-11(13(14)15)9-10(12)2/h5-6,9,14-15H,3-4,7-8H2,1-2H3. The van der Waals surface area contributed by atoms with E-state index in [1.807, 2.05) is 0 Å². The van der Waals surface area contributed by atoms with E-state index in [1.54, 1.807) is 32.0 Å². The topological polar surface area (TPSA) is 83.8 Å². The van der Waals surface area contributed by atoms with Crippen molar-refractivity contribution in [1.82, 2.24) is 0 Å². The molecule has 0 aliphatic heterocycles. The molecule has 0 saturated heterocycles. The number of aryl methyl sites for hydroxylation is 1. The van der Waals surface area contributed by atoms with Gasteiger partial charge in [-0.15, -0.1) is 0 Å². The molecule has 0 bridgehead atoms. The number of ether oxygens (including phenoxy) is 1. The first-order valence-corrected chi connectivity index (χ1v) is 7.98. The van der Waals surface area contributed by atoms with Crippen molar-refractivity contribution < 1.29 is 23.2 Å². The average molecular weight is 286 g/mol. The number of hydrogen-bond donors (Lipinski definition) is 2. The van der Waals surface area contributed by atoms with Gasteiger partial charge in [0.2, 0.25) is 0 Å². The third-order valence-corrected chi connectivity index (χ3v) is 4.58. The van der Waals surface area contributed by atoms with E-state index in [4.69, 9.17) is 14.8 Å². The van der Waals surface area contributed by atoms with Crippen molar-refractivity contribution in [1.29, 1.82) is 0 Å². The molecule has 0 aromatic heterocycles. The maximum Gasteiger partial charge on any atom is 0.488 e. The van der Waals surface area contributed by atoms with Gasteiger partial charge < -0.3 is 14.8 Å². The van der Waals surface area contributed by atoms with E-state index in [0.717, 1.165) is 5.56 Å². The normalized spacial score (nSPS) is 11.4. The fourth-order valence-corrected chi connectivity index (χ4v) is 2.45. The van der Waals surface area contributed by atoms with Gasteiger partial charge in [0.15, 0.2) is 0 Å². The van der Waals surface area contributed by atoms with Crippen LogP contribution in [0.4, 0.5) is 0 Å². The lowest BCUT2D eigenvalue weighted by molar-refractivity contribution is 0.315. The molecule has 0 spiro atoms. The summed E-state index contributed by atoms with van der Waals surface area (Å²) < 4.78 is 28.1. The van der Waals surface area contributed by atoms with Crippen molar-refractivity contribution in [3.05, 3.63) is 23.8 Å². The zero-order chi connectivity index (χ0) is 14.5. The number of sulfone groups is 1. The molecular formula is C12H19BO5S. The van der Waals surface area contributed by atoms with Gasteiger partial charge in [0.25, 0.3) is 0 Å². The quantitative estimate of drug-likeness (QED) is 0.539. The number of hydrogen-bond acceptors (Lipinski definition) is 5. The molecule has 0 unspecified atom stereocenters. The Kier molecular flexibility index (Phi) is 5.84. The van der Waals surface area contributed by atoms with Gasteiger partial charge in [-0.1, -0.05) is 19.1 Å². The first-order chi connectivity index (χ1) is 8.85. The van der Waals surface area contributed by atoms with Crippen LogP contribution in [-0.4, -0.2) is 43.7 Å². The Balaban J connectivity index is 2.50. The Morgan fingerprint density at radius 1 is 1.32 bits per heavy atom. The van der Waals surface area contributed by atoms with Gasteiger partial charge in [0.05, 0.1) is 12.4 Å². The second kappa shape index (κ2) is 6.93. The lowest BCUT2D eigenvalue weighted by Gasteiger charge is -2.10. The second-order valence-electron chi connectivity index (χ2n) is 4.34. The maximum absolute atomic E-state index is 11.3. The highest BCUT2D eigenvalue weighted by Gasteiger charge is 2.12. The SMILES string of the molecule is CCS(=O)(=O)CCCOc1ccc(B(O)O)cc1C. The molecular weight excluding hydrogens is 267 g/mol. The summed E-state index contributed by atoms with van der Waals surface area (Å²) in [5.74, 6) is 0.892. The van der Waals surface area contributed by atoms with Crippen LogP contribution in [0.15, 0.2) is 18.2 Å². The van der Waals surface area contributed by atoms with Crippen LogP contribution in [0.1, 0.15) is 18.9 Å². The highest BCUT2D eigenvalue weighted by Crippen LogP contribution is 2.15. The fraction of sp³-hybridized carbons (Fsp3) is 0.500. The van der Waals surface area contributed by atoms with Gasteiger partial charge in [0.1, 0.15) is 15.6 Å². The molecule has 0 aliphatic rings. The summed E-state index contributed by atoms with van der Waals surface area (Å²) in [6.07, 6.45) is 0.444. The molecule has 7 heteroatoms. The Labute approximate surface area is 114 Å². The van der Waals surface area contributed by atoms with Crippen molar-refractivity contribution in [3.63, 3.8) is 0 Å². The van der Waals surface area contributed by atoms with Gasteiger partial charge in [-0.25, -0.2) is 8.42 Å². The highest BCUT2D eigenvalue weighted by molar-refractivity contribution is 7.91. The second-order valence-corrected chi connectivity index (χ2v) is 6.81. The lowest BCUT2D eigenvalue weighted by atomic mass is 9.79. The summed E-state index contributed by atoms with van der Waals surface area (Å²) in [5, 5.41) is 18.0. The van der Waals surface area contributed by atoms with Gasteiger partial charge in [0, 0.05) is 5.75 Å². The largest absolute Gasteiger partial charge is 0.493 e. The summed E-state index contributed by atoms with van der Waals surface area (Å²) in [6.45, 7) is 3.74. The van der Waals surface area contributed by atoms with Crippen molar-refractivity contribution >= 4 is 22.4 Å².